The van der Waals surface area contributed by atoms with E-state index in [1.54, 1.807) is 12.1 Å². The van der Waals surface area contributed by atoms with Crippen molar-refractivity contribution in [3.63, 3.8) is 0 Å². The summed E-state index contributed by atoms with van der Waals surface area (Å²) < 4.78 is 20.0. The van der Waals surface area contributed by atoms with Crippen molar-refractivity contribution in [1.29, 1.82) is 0 Å². The Morgan fingerprint density at radius 2 is 1.87 bits per heavy atom. The number of rotatable bonds is 7. The number of aryl methyl sites for hydroxylation is 1. The van der Waals surface area contributed by atoms with Gasteiger partial charge in [-0.2, -0.15) is 0 Å². The average molecular weight is 419 g/mol. The van der Waals surface area contributed by atoms with E-state index in [0.29, 0.717) is 12.2 Å². The van der Waals surface area contributed by atoms with Crippen molar-refractivity contribution >= 4 is 11.7 Å². The Morgan fingerprint density at radius 3 is 2.58 bits per heavy atom. The number of hydrogen-bond acceptors (Lipinski definition) is 3. The number of carboxylic acid groups (broad SMARTS) is 1. The minimum absolute atomic E-state index is 0.0557. The molecule has 0 radical (unpaired) electrons. The smallest absolute Gasteiger partial charge is 0.305 e. The second-order valence-electron chi connectivity index (χ2n) is 8.00. The molecular formula is C26H26FNO3. The number of carbonyl (C=O) groups is 1. The SMILES string of the molecule is Cc1cc(COc2ccc(N3CCC[C@H]3CC(=O)O)cc2)ccc1-c1ccccc1F. The Balaban J connectivity index is 1.40. The molecule has 0 aromatic heterocycles. The number of carboxylic acids is 1. The normalized spacial score (nSPS) is 15.8. The van der Waals surface area contributed by atoms with Crippen molar-refractivity contribution in [2.24, 2.45) is 0 Å². The van der Waals surface area contributed by atoms with Gasteiger partial charge in [0, 0.05) is 23.8 Å². The zero-order valence-corrected chi connectivity index (χ0v) is 17.6. The molecule has 1 N–H and O–H groups in total. The summed E-state index contributed by atoms with van der Waals surface area (Å²) in [6, 6.07) is 20.6. The molecule has 0 amide bonds. The summed E-state index contributed by atoms with van der Waals surface area (Å²) in [6.07, 6.45) is 2.09. The zero-order chi connectivity index (χ0) is 21.8. The summed E-state index contributed by atoms with van der Waals surface area (Å²) in [7, 11) is 0. The summed E-state index contributed by atoms with van der Waals surface area (Å²) in [5.74, 6) is -0.222. The number of nitrogens with zero attached hydrogens (tertiary/aromatic N) is 1. The maximum absolute atomic E-state index is 14.1. The van der Waals surface area contributed by atoms with E-state index < -0.39 is 5.97 Å². The number of ether oxygens (including phenoxy) is 1. The topological polar surface area (TPSA) is 49.8 Å². The lowest BCUT2D eigenvalue weighted by molar-refractivity contribution is -0.137. The van der Waals surface area contributed by atoms with Gasteiger partial charge in [0.25, 0.3) is 0 Å². The highest BCUT2D eigenvalue weighted by molar-refractivity contribution is 5.69. The lowest BCUT2D eigenvalue weighted by Crippen LogP contribution is -2.31. The monoisotopic (exact) mass is 419 g/mol. The van der Waals surface area contributed by atoms with Gasteiger partial charge in [0.05, 0.1) is 6.42 Å². The molecule has 1 saturated heterocycles. The fourth-order valence-corrected chi connectivity index (χ4v) is 4.29. The van der Waals surface area contributed by atoms with Gasteiger partial charge in [-0.3, -0.25) is 4.79 Å². The van der Waals surface area contributed by atoms with Crippen LogP contribution in [0.25, 0.3) is 11.1 Å². The highest BCUT2D eigenvalue weighted by atomic mass is 19.1. The average Bonchev–Trinajstić information content (AvgIpc) is 3.21. The minimum Gasteiger partial charge on any atom is -0.489 e. The Bertz CT molecular complexity index is 1060. The van der Waals surface area contributed by atoms with Crippen LogP contribution in [0, 0.1) is 12.7 Å². The largest absolute Gasteiger partial charge is 0.489 e. The van der Waals surface area contributed by atoms with Crippen LogP contribution in [-0.4, -0.2) is 23.7 Å². The van der Waals surface area contributed by atoms with Crippen molar-refractivity contribution in [2.75, 3.05) is 11.4 Å². The lowest BCUT2D eigenvalue weighted by atomic mass is 9.98. The van der Waals surface area contributed by atoms with Crippen LogP contribution in [0.15, 0.2) is 66.7 Å². The molecular weight excluding hydrogens is 393 g/mol. The summed E-state index contributed by atoms with van der Waals surface area (Å²) in [6.45, 7) is 3.28. The van der Waals surface area contributed by atoms with Crippen molar-refractivity contribution < 1.29 is 19.0 Å². The molecule has 0 unspecified atom stereocenters. The molecule has 0 spiro atoms. The fourth-order valence-electron chi connectivity index (χ4n) is 4.29. The van der Waals surface area contributed by atoms with Crippen LogP contribution < -0.4 is 9.64 Å². The first kappa shape index (κ1) is 20.9. The highest BCUT2D eigenvalue weighted by Gasteiger charge is 2.26. The van der Waals surface area contributed by atoms with Crippen LogP contribution in [0.2, 0.25) is 0 Å². The summed E-state index contributed by atoms with van der Waals surface area (Å²) in [5, 5.41) is 9.11. The van der Waals surface area contributed by atoms with E-state index in [2.05, 4.69) is 4.90 Å². The van der Waals surface area contributed by atoms with E-state index >= 15 is 0 Å². The van der Waals surface area contributed by atoms with E-state index in [1.807, 2.05) is 55.5 Å². The van der Waals surface area contributed by atoms with Gasteiger partial charge in [0.1, 0.15) is 18.2 Å². The molecule has 4 rings (SSSR count). The minimum atomic E-state index is -0.756. The molecule has 5 heteroatoms. The third kappa shape index (κ3) is 4.88. The number of anilines is 1. The predicted molar refractivity (Wildman–Crippen MR) is 120 cm³/mol. The number of hydrogen-bond donors (Lipinski definition) is 1. The number of halogens is 1. The molecule has 1 fully saturated rings. The first-order valence-electron chi connectivity index (χ1n) is 10.6. The maximum atomic E-state index is 14.1. The quantitative estimate of drug-likeness (QED) is 0.524. The third-order valence-corrected chi connectivity index (χ3v) is 5.82. The van der Waals surface area contributed by atoms with Gasteiger partial charge in [-0.15, -0.1) is 0 Å². The van der Waals surface area contributed by atoms with Gasteiger partial charge in [-0.1, -0.05) is 36.4 Å². The Labute approximate surface area is 181 Å². The molecule has 0 aliphatic carbocycles. The van der Waals surface area contributed by atoms with E-state index in [4.69, 9.17) is 9.84 Å². The molecule has 0 bridgehead atoms. The van der Waals surface area contributed by atoms with Crippen LogP contribution in [0.4, 0.5) is 10.1 Å². The van der Waals surface area contributed by atoms with E-state index in [1.165, 1.54) is 6.07 Å². The number of benzene rings is 3. The van der Waals surface area contributed by atoms with Crippen molar-refractivity contribution in [2.45, 2.75) is 38.8 Å². The molecule has 4 nitrogen and oxygen atoms in total. The molecule has 1 atom stereocenters. The standard InChI is InChI=1S/C26H26FNO3/c1-18-15-19(8-13-23(18)24-6-2-3-7-25(24)27)17-31-22-11-9-20(10-12-22)28-14-4-5-21(28)16-26(29)30/h2-3,6-13,15,21H,4-5,14,16-17H2,1H3,(H,29,30)/t21-/m0/s1. The Morgan fingerprint density at radius 1 is 1.10 bits per heavy atom. The second-order valence-corrected chi connectivity index (χ2v) is 8.00. The van der Waals surface area contributed by atoms with Gasteiger partial charge in [0.2, 0.25) is 0 Å². The third-order valence-electron chi connectivity index (χ3n) is 5.82. The molecule has 160 valence electrons. The first-order chi connectivity index (χ1) is 15.0. The summed E-state index contributed by atoms with van der Waals surface area (Å²) >= 11 is 0. The van der Waals surface area contributed by atoms with Crippen molar-refractivity contribution in [1.82, 2.24) is 0 Å². The molecule has 1 heterocycles. The van der Waals surface area contributed by atoms with Gasteiger partial charge in [-0.25, -0.2) is 4.39 Å². The van der Waals surface area contributed by atoms with Crippen LogP contribution in [0.5, 0.6) is 5.75 Å². The molecule has 3 aromatic carbocycles. The Kier molecular flexibility index (Phi) is 6.21. The molecule has 31 heavy (non-hydrogen) atoms. The molecule has 1 aliphatic rings. The van der Waals surface area contributed by atoms with Gasteiger partial charge >= 0.3 is 5.97 Å². The highest BCUT2D eigenvalue weighted by Crippen LogP contribution is 2.30. The first-order valence-corrected chi connectivity index (χ1v) is 10.6. The van der Waals surface area contributed by atoms with Gasteiger partial charge in [0.15, 0.2) is 0 Å². The number of aliphatic carboxylic acids is 1. The van der Waals surface area contributed by atoms with E-state index in [9.17, 15) is 9.18 Å². The second kappa shape index (κ2) is 9.21. The van der Waals surface area contributed by atoms with Crippen molar-refractivity contribution in [3.05, 3.63) is 83.7 Å². The maximum Gasteiger partial charge on any atom is 0.305 e. The van der Waals surface area contributed by atoms with Gasteiger partial charge in [-0.05, 0) is 66.8 Å². The summed E-state index contributed by atoms with van der Waals surface area (Å²) in [5.41, 5.74) is 4.53. The van der Waals surface area contributed by atoms with Crippen LogP contribution in [0.1, 0.15) is 30.4 Å². The molecule has 0 saturated carbocycles. The van der Waals surface area contributed by atoms with Crippen LogP contribution >= 0.6 is 0 Å². The van der Waals surface area contributed by atoms with Crippen LogP contribution in [0.3, 0.4) is 0 Å². The zero-order valence-electron chi connectivity index (χ0n) is 17.6. The van der Waals surface area contributed by atoms with E-state index in [-0.39, 0.29) is 18.3 Å². The molecule has 3 aromatic rings. The van der Waals surface area contributed by atoms with Crippen LogP contribution in [-0.2, 0) is 11.4 Å². The fraction of sp³-hybridized carbons (Fsp3) is 0.269. The predicted octanol–water partition coefficient (Wildman–Crippen LogP) is 5.82. The lowest BCUT2D eigenvalue weighted by Gasteiger charge is -2.25. The molecule has 1 aliphatic heterocycles. The van der Waals surface area contributed by atoms with Crippen molar-refractivity contribution in [3.8, 4) is 16.9 Å². The van der Waals surface area contributed by atoms with Gasteiger partial charge < -0.3 is 14.7 Å². The summed E-state index contributed by atoms with van der Waals surface area (Å²) in [4.78, 5) is 13.3. The van der Waals surface area contributed by atoms with E-state index in [0.717, 1.165) is 47.5 Å². The Hall–Kier alpha value is -3.34.